The van der Waals surface area contributed by atoms with Gasteiger partial charge in [-0.3, -0.25) is 0 Å². The molecule has 0 unspecified atom stereocenters. The first-order valence-electron chi connectivity index (χ1n) is 6.32. The smallest absolute Gasteiger partial charge is 0.231 e. The lowest BCUT2D eigenvalue weighted by atomic mass is 10.1. The molecule has 20 heavy (non-hydrogen) atoms. The van der Waals surface area contributed by atoms with Crippen molar-refractivity contribution in [3.05, 3.63) is 48.3 Å². The van der Waals surface area contributed by atoms with Gasteiger partial charge in [0.15, 0.2) is 11.5 Å². The molecule has 4 rings (SSSR count). The molecule has 1 aromatic carbocycles. The van der Waals surface area contributed by atoms with Crippen molar-refractivity contribution >= 4 is 5.65 Å². The maximum absolute atomic E-state index is 9.16. The quantitative estimate of drug-likeness (QED) is 0.774. The highest BCUT2D eigenvalue weighted by atomic mass is 16.7. The fourth-order valence-electron chi connectivity index (χ4n) is 2.32. The Labute approximate surface area is 115 Å². The second-order valence-electron chi connectivity index (χ2n) is 4.65. The summed E-state index contributed by atoms with van der Waals surface area (Å²) < 4.78 is 12.6. The molecule has 3 heterocycles. The average Bonchev–Trinajstić information content (AvgIpc) is 3.11. The molecular formula is C15H12N2O3. The molecule has 3 aromatic rings. The molecule has 2 aromatic heterocycles. The zero-order chi connectivity index (χ0) is 13.5. The van der Waals surface area contributed by atoms with E-state index in [1.54, 1.807) is 0 Å². The van der Waals surface area contributed by atoms with Gasteiger partial charge in [-0.25, -0.2) is 4.98 Å². The Balaban J connectivity index is 1.81. The number of pyridine rings is 1. The van der Waals surface area contributed by atoms with Gasteiger partial charge in [-0.2, -0.15) is 0 Å². The van der Waals surface area contributed by atoms with Gasteiger partial charge in [0.25, 0.3) is 0 Å². The van der Waals surface area contributed by atoms with Gasteiger partial charge in [-0.05, 0) is 35.9 Å². The van der Waals surface area contributed by atoms with Gasteiger partial charge in [0.05, 0.1) is 12.3 Å². The van der Waals surface area contributed by atoms with Crippen LogP contribution in [0.2, 0.25) is 0 Å². The molecule has 1 N–H and O–H groups in total. The first-order chi connectivity index (χ1) is 9.83. The van der Waals surface area contributed by atoms with Gasteiger partial charge in [0.1, 0.15) is 5.65 Å². The van der Waals surface area contributed by atoms with E-state index in [1.807, 2.05) is 47.1 Å². The molecule has 5 nitrogen and oxygen atoms in total. The molecule has 0 saturated heterocycles. The fraction of sp³-hybridized carbons (Fsp3) is 0.133. The minimum absolute atomic E-state index is 0.0166. The first kappa shape index (κ1) is 11.3. The van der Waals surface area contributed by atoms with Crippen molar-refractivity contribution < 1.29 is 14.6 Å². The van der Waals surface area contributed by atoms with Gasteiger partial charge < -0.3 is 19.0 Å². The van der Waals surface area contributed by atoms with Crippen molar-refractivity contribution in [1.29, 1.82) is 0 Å². The molecule has 1 aliphatic heterocycles. The average molecular weight is 268 g/mol. The SMILES string of the molecule is OCc1ccn2cc(-c3ccc4c(c3)OCO4)nc2c1. The van der Waals surface area contributed by atoms with Crippen LogP contribution in [0.5, 0.6) is 11.5 Å². The Morgan fingerprint density at radius 2 is 2.05 bits per heavy atom. The maximum atomic E-state index is 9.16. The molecule has 100 valence electrons. The van der Waals surface area contributed by atoms with Crippen molar-refractivity contribution in [2.45, 2.75) is 6.61 Å². The van der Waals surface area contributed by atoms with Gasteiger partial charge in [-0.1, -0.05) is 0 Å². The molecule has 0 fully saturated rings. The van der Waals surface area contributed by atoms with Crippen molar-refractivity contribution in [2.75, 3.05) is 6.79 Å². The third-order valence-corrected chi connectivity index (χ3v) is 3.38. The number of aliphatic hydroxyl groups is 1. The largest absolute Gasteiger partial charge is 0.454 e. The number of rotatable bonds is 2. The van der Waals surface area contributed by atoms with E-state index in [0.717, 1.165) is 34.0 Å². The molecule has 0 spiro atoms. The topological polar surface area (TPSA) is 56.0 Å². The number of ether oxygens (including phenoxy) is 2. The summed E-state index contributed by atoms with van der Waals surface area (Å²) in [6.45, 7) is 0.284. The molecule has 0 atom stereocenters. The normalized spacial score (nSPS) is 13.1. The lowest BCUT2D eigenvalue weighted by Crippen LogP contribution is -1.92. The number of benzene rings is 1. The van der Waals surface area contributed by atoms with E-state index in [1.165, 1.54) is 0 Å². The van der Waals surface area contributed by atoms with Crippen LogP contribution in [-0.2, 0) is 6.61 Å². The molecular weight excluding hydrogens is 256 g/mol. The van der Waals surface area contributed by atoms with Crippen LogP contribution in [0.4, 0.5) is 0 Å². The molecule has 1 aliphatic rings. The third-order valence-electron chi connectivity index (χ3n) is 3.38. The van der Waals surface area contributed by atoms with Crippen LogP contribution >= 0.6 is 0 Å². The summed E-state index contributed by atoms with van der Waals surface area (Å²) in [4.78, 5) is 4.57. The highest BCUT2D eigenvalue weighted by Crippen LogP contribution is 2.35. The van der Waals surface area contributed by atoms with Crippen LogP contribution in [0.3, 0.4) is 0 Å². The Hall–Kier alpha value is -2.53. The maximum Gasteiger partial charge on any atom is 0.231 e. The van der Waals surface area contributed by atoms with Gasteiger partial charge in [0.2, 0.25) is 6.79 Å². The first-order valence-corrected chi connectivity index (χ1v) is 6.32. The molecule has 0 saturated carbocycles. The third kappa shape index (κ3) is 1.71. The number of nitrogens with zero attached hydrogens (tertiary/aromatic N) is 2. The summed E-state index contributed by atoms with van der Waals surface area (Å²) in [5, 5.41) is 9.16. The highest BCUT2D eigenvalue weighted by molar-refractivity contribution is 5.66. The van der Waals surface area contributed by atoms with Crippen LogP contribution in [-0.4, -0.2) is 21.3 Å². The van der Waals surface area contributed by atoms with Crippen molar-refractivity contribution in [3.8, 4) is 22.8 Å². The van der Waals surface area contributed by atoms with Crippen LogP contribution in [0.15, 0.2) is 42.7 Å². The van der Waals surface area contributed by atoms with Gasteiger partial charge in [0, 0.05) is 18.0 Å². The molecule has 0 aliphatic carbocycles. The zero-order valence-corrected chi connectivity index (χ0v) is 10.6. The summed E-state index contributed by atoms with van der Waals surface area (Å²) >= 11 is 0. The summed E-state index contributed by atoms with van der Waals surface area (Å²) in [6, 6.07) is 9.52. The highest BCUT2D eigenvalue weighted by Gasteiger charge is 2.15. The number of fused-ring (bicyclic) bond motifs is 2. The number of hydrogen-bond donors (Lipinski definition) is 1. The second kappa shape index (κ2) is 4.25. The Morgan fingerprint density at radius 3 is 2.95 bits per heavy atom. The van der Waals surface area contributed by atoms with E-state index in [-0.39, 0.29) is 13.4 Å². The van der Waals surface area contributed by atoms with Crippen LogP contribution in [0.1, 0.15) is 5.56 Å². The van der Waals surface area contributed by atoms with E-state index in [2.05, 4.69) is 4.98 Å². The summed E-state index contributed by atoms with van der Waals surface area (Å²) in [7, 11) is 0. The van der Waals surface area contributed by atoms with Crippen LogP contribution in [0, 0.1) is 0 Å². The summed E-state index contributed by atoms with van der Waals surface area (Å²) in [6.07, 6.45) is 3.85. The Kier molecular flexibility index (Phi) is 2.40. The molecule has 0 radical (unpaired) electrons. The minimum atomic E-state index is 0.0166. The van der Waals surface area contributed by atoms with E-state index in [4.69, 9.17) is 14.6 Å². The Morgan fingerprint density at radius 1 is 1.15 bits per heavy atom. The lowest BCUT2D eigenvalue weighted by molar-refractivity contribution is 0.174. The monoisotopic (exact) mass is 268 g/mol. The zero-order valence-electron chi connectivity index (χ0n) is 10.6. The Bertz CT molecular complexity index is 795. The summed E-state index contributed by atoms with van der Waals surface area (Å²) in [5.41, 5.74) is 3.49. The van der Waals surface area contributed by atoms with Crippen molar-refractivity contribution in [3.63, 3.8) is 0 Å². The molecule has 5 heteroatoms. The summed E-state index contributed by atoms with van der Waals surface area (Å²) in [5.74, 6) is 1.51. The fourth-order valence-corrected chi connectivity index (χ4v) is 2.32. The number of aromatic nitrogens is 2. The minimum Gasteiger partial charge on any atom is -0.454 e. The van der Waals surface area contributed by atoms with E-state index >= 15 is 0 Å². The van der Waals surface area contributed by atoms with E-state index in [0.29, 0.717) is 0 Å². The predicted octanol–water partition coefficient (Wildman–Crippen LogP) is 2.22. The van der Waals surface area contributed by atoms with Gasteiger partial charge in [-0.15, -0.1) is 0 Å². The van der Waals surface area contributed by atoms with Crippen LogP contribution in [0.25, 0.3) is 16.9 Å². The standard InChI is InChI=1S/C15H12N2O3/c18-8-10-3-4-17-7-12(16-15(17)5-10)11-1-2-13-14(6-11)20-9-19-13/h1-7,18H,8-9H2. The molecule has 0 amide bonds. The predicted molar refractivity (Wildman–Crippen MR) is 72.7 cm³/mol. The van der Waals surface area contributed by atoms with E-state index in [9.17, 15) is 0 Å². The number of imidazole rings is 1. The van der Waals surface area contributed by atoms with Crippen molar-refractivity contribution in [2.24, 2.45) is 0 Å². The van der Waals surface area contributed by atoms with Crippen LogP contribution < -0.4 is 9.47 Å². The van der Waals surface area contributed by atoms with Crippen molar-refractivity contribution in [1.82, 2.24) is 9.38 Å². The number of hydrogen-bond acceptors (Lipinski definition) is 4. The van der Waals surface area contributed by atoms with E-state index < -0.39 is 0 Å². The lowest BCUT2D eigenvalue weighted by Gasteiger charge is -1.98. The molecule has 0 bridgehead atoms. The second-order valence-corrected chi connectivity index (χ2v) is 4.65. The number of aliphatic hydroxyl groups excluding tert-OH is 1. The van der Waals surface area contributed by atoms with Gasteiger partial charge >= 0.3 is 0 Å².